The van der Waals surface area contributed by atoms with Crippen LogP contribution in [0.25, 0.3) is 0 Å². The van der Waals surface area contributed by atoms with E-state index in [9.17, 15) is 0 Å². The Morgan fingerprint density at radius 1 is 1.31 bits per heavy atom. The van der Waals surface area contributed by atoms with Gasteiger partial charge in [0.25, 0.3) is 0 Å². The Kier molecular flexibility index (Phi) is 4.50. The summed E-state index contributed by atoms with van der Waals surface area (Å²) in [6.07, 6.45) is 1.70. The summed E-state index contributed by atoms with van der Waals surface area (Å²) in [5.74, 6) is 0. The minimum atomic E-state index is 0.132. The molecule has 0 amide bonds. The fourth-order valence-corrected chi connectivity index (χ4v) is 1.32. The highest BCUT2D eigenvalue weighted by atomic mass is 16.5. The van der Waals surface area contributed by atoms with Crippen molar-refractivity contribution < 1.29 is 9.84 Å². The van der Waals surface area contributed by atoms with Crippen LogP contribution in [0.2, 0.25) is 0 Å². The summed E-state index contributed by atoms with van der Waals surface area (Å²) in [6.45, 7) is 0.186. The first kappa shape index (κ1) is 10.2. The monoisotopic (exact) mass is 180 g/mol. The maximum absolute atomic E-state index is 8.77. The van der Waals surface area contributed by atoms with E-state index in [1.54, 1.807) is 7.11 Å². The molecule has 0 bridgehead atoms. The summed E-state index contributed by atoms with van der Waals surface area (Å²) in [6, 6.07) is 10.2. The molecule has 1 aromatic carbocycles. The molecular formula is C11H16O2. The van der Waals surface area contributed by atoms with E-state index >= 15 is 0 Å². The van der Waals surface area contributed by atoms with Gasteiger partial charge in [0, 0.05) is 13.7 Å². The normalized spacial score (nSPS) is 12.8. The molecule has 0 saturated carbocycles. The topological polar surface area (TPSA) is 29.5 Å². The lowest BCUT2D eigenvalue weighted by molar-refractivity contribution is 0.0779. The molecular weight excluding hydrogens is 164 g/mol. The third-order valence-corrected chi connectivity index (χ3v) is 2.09. The van der Waals surface area contributed by atoms with Crippen molar-refractivity contribution in [1.29, 1.82) is 0 Å². The van der Waals surface area contributed by atoms with Crippen molar-refractivity contribution in [2.45, 2.75) is 18.9 Å². The van der Waals surface area contributed by atoms with Crippen molar-refractivity contribution in [3.05, 3.63) is 35.9 Å². The number of methoxy groups -OCH3 is 1. The Labute approximate surface area is 79.2 Å². The van der Waals surface area contributed by atoms with Crippen molar-refractivity contribution >= 4 is 0 Å². The van der Waals surface area contributed by atoms with Crippen LogP contribution in [-0.4, -0.2) is 24.9 Å². The zero-order valence-corrected chi connectivity index (χ0v) is 7.94. The average Bonchev–Trinajstić information content (AvgIpc) is 2.19. The Morgan fingerprint density at radius 3 is 2.54 bits per heavy atom. The zero-order valence-electron chi connectivity index (χ0n) is 7.94. The third-order valence-electron chi connectivity index (χ3n) is 2.09. The van der Waals surface area contributed by atoms with Crippen LogP contribution in [0, 0.1) is 0 Å². The van der Waals surface area contributed by atoms with Crippen LogP contribution in [0.3, 0.4) is 0 Å². The minimum Gasteiger partial charge on any atom is -0.396 e. The lowest BCUT2D eigenvalue weighted by atomic mass is 10.1. The molecule has 1 N–H and O–H groups in total. The number of ether oxygens (including phenoxy) is 1. The maximum Gasteiger partial charge on any atom is 0.0633 e. The summed E-state index contributed by atoms with van der Waals surface area (Å²) in [4.78, 5) is 0. The van der Waals surface area contributed by atoms with Crippen LogP contribution >= 0.6 is 0 Å². The highest BCUT2D eigenvalue weighted by Crippen LogP contribution is 2.07. The molecule has 72 valence electrons. The fourth-order valence-electron chi connectivity index (χ4n) is 1.32. The van der Waals surface area contributed by atoms with Gasteiger partial charge in [0.1, 0.15) is 0 Å². The highest BCUT2D eigenvalue weighted by Gasteiger charge is 2.06. The first-order chi connectivity index (χ1) is 6.36. The van der Waals surface area contributed by atoms with Crippen LogP contribution in [0.1, 0.15) is 12.0 Å². The molecule has 1 atom stereocenters. The van der Waals surface area contributed by atoms with Crippen LogP contribution in [0.15, 0.2) is 30.3 Å². The molecule has 1 rings (SSSR count). The van der Waals surface area contributed by atoms with Crippen LogP contribution in [0.5, 0.6) is 0 Å². The van der Waals surface area contributed by atoms with E-state index in [1.807, 2.05) is 18.2 Å². The molecule has 0 fully saturated rings. The molecule has 2 heteroatoms. The number of hydrogen-bond acceptors (Lipinski definition) is 2. The summed E-state index contributed by atoms with van der Waals surface area (Å²) in [5.41, 5.74) is 1.25. The SMILES string of the molecule is COC(CCO)Cc1ccccc1. The average molecular weight is 180 g/mol. The lowest BCUT2D eigenvalue weighted by Gasteiger charge is -2.13. The quantitative estimate of drug-likeness (QED) is 0.746. The summed E-state index contributed by atoms with van der Waals surface area (Å²) >= 11 is 0. The maximum atomic E-state index is 8.77. The van der Waals surface area contributed by atoms with Gasteiger partial charge >= 0.3 is 0 Å². The van der Waals surface area contributed by atoms with E-state index in [0.29, 0.717) is 6.42 Å². The molecule has 2 nitrogen and oxygen atoms in total. The number of aliphatic hydroxyl groups excluding tert-OH is 1. The van der Waals surface area contributed by atoms with E-state index in [0.717, 1.165) is 6.42 Å². The number of hydrogen-bond donors (Lipinski definition) is 1. The molecule has 0 aromatic heterocycles. The van der Waals surface area contributed by atoms with Gasteiger partial charge in [0.15, 0.2) is 0 Å². The Hall–Kier alpha value is -0.860. The zero-order chi connectivity index (χ0) is 9.52. The molecule has 0 saturated heterocycles. The van der Waals surface area contributed by atoms with Crippen molar-refractivity contribution in [3.8, 4) is 0 Å². The van der Waals surface area contributed by atoms with Gasteiger partial charge in [-0.1, -0.05) is 30.3 Å². The lowest BCUT2D eigenvalue weighted by Crippen LogP contribution is -2.15. The van der Waals surface area contributed by atoms with E-state index in [2.05, 4.69) is 12.1 Å². The van der Waals surface area contributed by atoms with Gasteiger partial charge < -0.3 is 9.84 Å². The highest BCUT2D eigenvalue weighted by molar-refractivity contribution is 5.15. The van der Waals surface area contributed by atoms with E-state index in [1.165, 1.54) is 5.56 Å². The smallest absolute Gasteiger partial charge is 0.0633 e. The van der Waals surface area contributed by atoms with Gasteiger partial charge in [-0.05, 0) is 18.4 Å². The number of rotatable bonds is 5. The van der Waals surface area contributed by atoms with Gasteiger partial charge in [-0.25, -0.2) is 0 Å². The van der Waals surface area contributed by atoms with Crippen molar-refractivity contribution in [3.63, 3.8) is 0 Å². The van der Waals surface area contributed by atoms with Gasteiger partial charge in [-0.3, -0.25) is 0 Å². The van der Waals surface area contributed by atoms with Gasteiger partial charge in [-0.2, -0.15) is 0 Å². The molecule has 0 heterocycles. The molecule has 0 aliphatic rings. The Morgan fingerprint density at radius 2 is 2.00 bits per heavy atom. The molecule has 0 spiro atoms. The van der Waals surface area contributed by atoms with Crippen molar-refractivity contribution in [2.24, 2.45) is 0 Å². The standard InChI is InChI=1S/C11H16O2/c1-13-11(7-8-12)9-10-5-3-2-4-6-10/h2-6,11-12H,7-9H2,1H3. The third kappa shape index (κ3) is 3.57. The largest absolute Gasteiger partial charge is 0.396 e. The predicted octanol–water partition coefficient (Wildman–Crippen LogP) is 1.63. The van der Waals surface area contributed by atoms with Gasteiger partial charge in [0.2, 0.25) is 0 Å². The first-order valence-electron chi connectivity index (χ1n) is 4.54. The Bertz CT molecular complexity index is 221. The second-order valence-corrected chi connectivity index (χ2v) is 3.06. The van der Waals surface area contributed by atoms with E-state index in [4.69, 9.17) is 9.84 Å². The molecule has 1 aromatic rings. The minimum absolute atomic E-state index is 0.132. The molecule has 13 heavy (non-hydrogen) atoms. The molecule has 0 radical (unpaired) electrons. The summed E-state index contributed by atoms with van der Waals surface area (Å²) < 4.78 is 5.23. The molecule has 1 unspecified atom stereocenters. The van der Waals surface area contributed by atoms with Crippen LogP contribution in [0.4, 0.5) is 0 Å². The predicted molar refractivity (Wildman–Crippen MR) is 52.6 cm³/mol. The van der Waals surface area contributed by atoms with Crippen LogP contribution in [-0.2, 0) is 11.2 Å². The van der Waals surface area contributed by atoms with Crippen molar-refractivity contribution in [1.82, 2.24) is 0 Å². The fraction of sp³-hybridized carbons (Fsp3) is 0.455. The van der Waals surface area contributed by atoms with Gasteiger partial charge in [-0.15, -0.1) is 0 Å². The molecule has 0 aliphatic heterocycles. The van der Waals surface area contributed by atoms with Gasteiger partial charge in [0.05, 0.1) is 6.10 Å². The number of benzene rings is 1. The number of aliphatic hydroxyl groups is 1. The first-order valence-corrected chi connectivity index (χ1v) is 4.54. The summed E-state index contributed by atoms with van der Waals surface area (Å²) in [5, 5.41) is 8.77. The molecule has 0 aliphatic carbocycles. The second-order valence-electron chi connectivity index (χ2n) is 3.06. The second kappa shape index (κ2) is 5.73. The van der Waals surface area contributed by atoms with E-state index in [-0.39, 0.29) is 12.7 Å². The van der Waals surface area contributed by atoms with Crippen molar-refractivity contribution in [2.75, 3.05) is 13.7 Å². The Balaban J connectivity index is 2.46. The van der Waals surface area contributed by atoms with Crippen LogP contribution < -0.4 is 0 Å². The summed E-state index contributed by atoms with van der Waals surface area (Å²) in [7, 11) is 1.68. The van der Waals surface area contributed by atoms with E-state index < -0.39 is 0 Å².